The number of nitrogens with one attached hydrogen (secondary N) is 1. The van der Waals surface area contributed by atoms with E-state index in [0.717, 1.165) is 10.7 Å². The van der Waals surface area contributed by atoms with Gasteiger partial charge < -0.3 is 10.4 Å². The fourth-order valence-corrected chi connectivity index (χ4v) is 3.05. The van der Waals surface area contributed by atoms with Crippen molar-refractivity contribution >= 4 is 23.2 Å². The topological polar surface area (TPSA) is 79.3 Å². The quantitative estimate of drug-likeness (QED) is 0.817. The molecule has 0 saturated carbocycles. The third-order valence-corrected chi connectivity index (χ3v) is 4.26. The SMILES string of the molecule is CC(C)c1csc(CCNC(=O)c2cccc(CC(=O)O)c2)n1. The molecule has 122 valence electrons. The first-order valence-electron chi connectivity index (χ1n) is 7.49. The van der Waals surface area contributed by atoms with E-state index in [0.29, 0.717) is 30.0 Å². The molecule has 5 nitrogen and oxygen atoms in total. The molecule has 1 amide bonds. The molecular formula is C17H20N2O3S. The third kappa shape index (κ3) is 5.17. The van der Waals surface area contributed by atoms with Crippen LogP contribution >= 0.6 is 11.3 Å². The first-order chi connectivity index (χ1) is 11.0. The van der Waals surface area contributed by atoms with Gasteiger partial charge in [0.1, 0.15) is 0 Å². The Labute approximate surface area is 139 Å². The monoisotopic (exact) mass is 332 g/mol. The van der Waals surface area contributed by atoms with E-state index in [9.17, 15) is 9.59 Å². The molecule has 0 bridgehead atoms. The van der Waals surface area contributed by atoms with Crippen molar-refractivity contribution in [3.8, 4) is 0 Å². The van der Waals surface area contributed by atoms with Gasteiger partial charge in [0, 0.05) is 23.9 Å². The lowest BCUT2D eigenvalue weighted by atomic mass is 10.1. The lowest BCUT2D eigenvalue weighted by molar-refractivity contribution is -0.136. The molecule has 0 aliphatic carbocycles. The molecule has 0 fully saturated rings. The van der Waals surface area contributed by atoms with Gasteiger partial charge in [0.2, 0.25) is 0 Å². The predicted octanol–water partition coefficient (Wildman–Crippen LogP) is 2.87. The summed E-state index contributed by atoms with van der Waals surface area (Å²) in [5.74, 6) is -0.697. The summed E-state index contributed by atoms with van der Waals surface area (Å²) in [7, 11) is 0. The van der Waals surface area contributed by atoms with Gasteiger partial charge >= 0.3 is 5.97 Å². The number of amides is 1. The van der Waals surface area contributed by atoms with Gasteiger partial charge in [-0.15, -0.1) is 11.3 Å². The number of hydrogen-bond acceptors (Lipinski definition) is 4. The van der Waals surface area contributed by atoms with Crippen molar-refractivity contribution in [3.63, 3.8) is 0 Å². The van der Waals surface area contributed by atoms with E-state index < -0.39 is 5.97 Å². The van der Waals surface area contributed by atoms with Crippen LogP contribution < -0.4 is 5.32 Å². The Balaban J connectivity index is 1.88. The van der Waals surface area contributed by atoms with E-state index in [2.05, 4.69) is 29.5 Å². The van der Waals surface area contributed by atoms with E-state index in [-0.39, 0.29) is 12.3 Å². The van der Waals surface area contributed by atoms with E-state index in [1.165, 1.54) is 0 Å². The van der Waals surface area contributed by atoms with E-state index in [1.807, 2.05) is 0 Å². The zero-order valence-corrected chi connectivity index (χ0v) is 14.0. The van der Waals surface area contributed by atoms with Crippen LogP contribution in [0.15, 0.2) is 29.6 Å². The van der Waals surface area contributed by atoms with Gasteiger partial charge in [0.15, 0.2) is 0 Å². The van der Waals surface area contributed by atoms with Crippen molar-refractivity contribution in [2.75, 3.05) is 6.54 Å². The maximum Gasteiger partial charge on any atom is 0.307 e. The molecule has 0 unspecified atom stereocenters. The van der Waals surface area contributed by atoms with Gasteiger partial charge in [-0.1, -0.05) is 26.0 Å². The van der Waals surface area contributed by atoms with Gasteiger partial charge in [0.05, 0.1) is 17.1 Å². The molecule has 0 atom stereocenters. The molecule has 23 heavy (non-hydrogen) atoms. The predicted molar refractivity (Wildman–Crippen MR) is 90.0 cm³/mol. The van der Waals surface area contributed by atoms with Crippen LogP contribution in [-0.4, -0.2) is 28.5 Å². The highest BCUT2D eigenvalue weighted by atomic mass is 32.1. The largest absolute Gasteiger partial charge is 0.481 e. The number of carbonyl (C=O) groups is 2. The number of carboxylic acids is 1. The Morgan fingerprint density at radius 3 is 2.78 bits per heavy atom. The minimum atomic E-state index is -0.910. The number of thiazole rings is 1. The van der Waals surface area contributed by atoms with Crippen molar-refractivity contribution < 1.29 is 14.7 Å². The average molecular weight is 332 g/mol. The lowest BCUT2D eigenvalue weighted by Gasteiger charge is -2.05. The average Bonchev–Trinajstić information content (AvgIpc) is 2.96. The number of carboxylic acid groups (broad SMARTS) is 1. The Morgan fingerprint density at radius 1 is 1.35 bits per heavy atom. The highest BCUT2D eigenvalue weighted by Gasteiger charge is 2.09. The number of aromatic nitrogens is 1. The molecule has 2 N–H and O–H groups in total. The molecule has 0 saturated heterocycles. The molecule has 0 radical (unpaired) electrons. The van der Waals surface area contributed by atoms with Crippen LogP contribution in [0, 0.1) is 0 Å². The zero-order chi connectivity index (χ0) is 16.8. The third-order valence-electron chi connectivity index (χ3n) is 3.33. The standard InChI is InChI=1S/C17H20N2O3S/c1-11(2)14-10-23-15(19-14)6-7-18-17(22)13-5-3-4-12(8-13)9-16(20)21/h3-5,8,10-11H,6-7,9H2,1-2H3,(H,18,22)(H,20,21). The number of hydrogen-bond donors (Lipinski definition) is 2. The number of rotatable bonds is 7. The molecule has 6 heteroatoms. The summed E-state index contributed by atoms with van der Waals surface area (Å²) in [4.78, 5) is 27.4. The lowest BCUT2D eigenvalue weighted by Crippen LogP contribution is -2.25. The van der Waals surface area contributed by atoms with Crippen molar-refractivity contribution in [3.05, 3.63) is 51.5 Å². The fourth-order valence-electron chi connectivity index (χ4n) is 2.09. The smallest absolute Gasteiger partial charge is 0.307 e. The fraction of sp³-hybridized carbons (Fsp3) is 0.353. The van der Waals surface area contributed by atoms with Gasteiger partial charge in [-0.2, -0.15) is 0 Å². The summed E-state index contributed by atoms with van der Waals surface area (Å²) in [6.45, 7) is 4.71. The highest BCUT2D eigenvalue weighted by molar-refractivity contribution is 7.09. The summed E-state index contributed by atoms with van der Waals surface area (Å²) in [6, 6.07) is 6.70. The van der Waals surface area contributed by atoms with Crippen molar-refractivity contribution in [2.24, 2.45) is 0 Å². The second-order valence-corrected chi connectivity index (χ2v) is 6.54. The second-order valence-electron chi connectivity index (χ2n) is 5.60. The zero-order valence-electron chi connectivity index (χ0n) is 13.2. The Kier molecular flexibility index (Phi) is 5.87. The molecule has 2 rings (SSSR count). The summed E-state index contributed by atoms with van der Waals surface area (Å²) in [5.41, 5.74) is 2.18. The second kappa shape index (κ2) is 7.87. The molecule has 1 aromatic carbocycles. The van der Waals surface area contributed by atoms with Crippen LogP contribution in [0.1, 0.15) is 46.4 Å². The van der Waals surface area contributed by atoms with Crippen molar-refractivity contribution in [1.82, 2.24) is 10.3 Å². The maximum absolute atomic E-state index is 12.1. The van der Waals surface area contributed by atoms with Gasteiger partial charge in [-0.25, -0.2) is 4.98 Å². The molecule has 0 aliphatic rings. The van der Waals surface area contributed by atoms with Crippen LogP contribution in [0.3, 0.4) is 0 Å². The normalized spacial score (nSPS) is 10.7. The summed E-state index contributed by atoms with van der Waals surface area (Å²) in [6.07, 6.45) is 0.607. The van der Waals surface area contributed by atoms with Crippen molar-refractivity contribution in [1.29, 1.82) is 0 Å². The van der Waals surface area contributed by atoms with Crippen LogP contribution in [0.4, 0.5) is 0 Å². The molecular weight excluding hydrogens is 312 g/mol. The van der Waals surface area contributed by atoms with Crippen molar-refractivity contribution in [2.45, 2.75) is 32.6 Å². The first-order valence-corrected chi connectivity index (χ1v) is 8.37. The highest BCUT2D eigenvalue weighted by Crippen LogP contribution is 2.17. The van der Waals surface area contributed by atoms with Crippen LogP contribution in [0.25, 0.3) is 0 Å². The first kappa shape index (κ1) is 17.1. The van der Waals surface area contributed by atoms with Gasteiger partial charge in [0.25, 0.3) is 5.91 Å². The minimum Gasteiger partial charge on any atom is -0.481 e. The van der Waals surface area contributed by atoms with Gasteiger partial charge in [-0.3, -0.25) is 9.59 Å². The molecule has 1 heterocycles. The number of benzene rings is 1. The molecule has 2 aromatic rings. The summed E-state index contributed by atoms with van der Waals surface area (Å²) < 4.78 is 0. The Hall–Kier alpha value is -2.21. The van der Waals surface area contributed by atoms with E-state index >= 15 is 0 Å². The minimum absolute atomic E-state index is 0.0851. The van der Waals surface area contributed by atoms with Crippen LogP contribution in [0.2, 0.25) is 0 Å². The Morgan fingerprint density at radius 2 is 2.13 bits per heavy atom. The van der Waals surface area contributed by atoms with Crippen LogP contribution in [-0.2, 0) is 17.6 Å². The Bertz CT molecular complexity index is 695. The maximum atomic E-state index is 12.1. The number of nitrogens with zero attached hydrogens (tertiary/aromatic N) is 1. The molecule has 0 aliphatic heterocycles. The van der Waals surface area contributed by atoms with E-state index in [4.69, 9.17) is 5.11 Å². The summed E-state index contributed by atoms with van der Waals surface area (Å²) in [5, 5.41) is 14.7. The van der Waals surface area contributed by atoms with Crippen LogP contribution in [0.5, 0.6) is 0 Å². The number of aliphatic carboxylic acids is 1. The number of carbonyl (C=O) groups excluding carboxylic acids is 1. The van der Waals surface area contributed by atoms with Gasteiger partial charge in [-0.05, 0) is 23.6 Å². The summed E-state index contributed by atoms with van der Waals surface area (Å²) >= 11 is 1.61. The molecule has 1 aromatic heterocycles. The molecule has 0 spiro atoms. The van der Waals surface area contributed by atoms with E-state index in [1.54, 1.807) is 35.6 Å².